The Balaban J connectivity index is 1.64. The molecule has 2 N–H and O–H groups in total. The minimum atomic E-state index is -0.509. The number of aromatic nitrogens is 3. The SMILES string of the molecule is CCn1c(SCC(=O)Nc2cc(C(=O)OC(C)C)ccc2Cl)nnc1C(C)NC(=O)c1ccc(Cl)c(Cl)c1. The van der Waals surface area contributed by atoms with Gasteiger partial charge in [-0.1, -0.05) is 46.6 Å². The molecule has 1 aromatic heterocycles. The second-order valence-corrected chi connectivity index (χ2v) is 10.6. The molecule has 13 heteroatoms. The van der Waals surface area contributed by atoms with Crippen LogP contribution in [0.5, 0.6) is 0 Å². The molecule has 3 rings (SSSR count). The summed E-state index contributed by atoms with van der Waals surface area (Å²) in [6.07, 6.45) is -0.277. The third-order valence-corrected chi connectivity index (χ3v) is 7.17. The maximum atomic E-state index is 12.7. The fourth-order valence-corrected chi connectivity index (χ4v) is 4.63. The number of halogens is 3. The first-order chi connectivity index (χ1) is 18.0. The predicted molar refractivity (Wildman–Crippen MR) is 149 cm³/mol. The quantitative estimate of drug-likeness (QED) is 0.216. The number of benzene rings is 2. The monoisotopic (exact) mass is 597 g/mol. The third-order valence-electron chi connectivity index (χ3n) is 5.13. The van der Waals surface area contributed by atoms with Gasteiger partial charge in [-0.2, -0.15) is 0 Å². The Bertz CT molecular complexity index is 1350. The van der Waals surface area contributed by atoms with Gasteiger partial charge >= 0.3 is 5.97 Å². The lowest BCUT2D eigenvalue weighted by atomic mass is 10.2. The zero-order valence-electron chi connectivity index (χ0n) is 21.0. The summed E-state index contributed by atoms with van der Waals surface area (Å²) in [5.74, 6) is -0.654. The lowest BCUT2D eigenvalue weighted by Crippen LogP contribution is -2.28. The Morgan fingerprint density at radius 1 is 0.974 bits per heavy atom. The molecular weight excluding hydrogens is 573 g/mol. The molecule has 0 fully saturated rings. The lowest BCUT2D eigenvalue weighted by molar-refractivity contribution is -0.113. The molecule has 0 saturated carbocycles. The number of hydrogen-bond acceptors (Lipinski definition) is 7. The number of nitrogens with one attached hydrogen (secondary N) is 2. The molecule has 0 saturated heterocycles. The van der Waals surface area contributed by atoms with Crippen LogP contribution in [0, 0.1) is 0 Å². The van der Waals surface area contributed by atoms with E-state index in [-0.39, 0.29) is 39.3 Å². The van der Waals surface area contributed by atoms with Gasteiger partial charge in [0.25, 0.3) is 5.91 Å². The van der Waals surface area contributed by atoms with E-state index in [2.05, 4.69) is 20.8 Å². The van der Waals surface area contributed by atoms with E-state index >= 15 is 0 Å². The van der Waals surface area contributed by atoms with Gasteiger partial charge in [-0.25, -0.2) is 4.79 Å². The van der Waals surface area contributed by atoms with Crippen molar-refractivity contribution in [1.82, 2.24) is 20.1 Å². The molecule has 1 unspecified atom stereocenters. The minimum absolute atomic E-state index is 0.0130. The summed E-state index contributed by atoms with van der Waals surface area (Å²) in [6.45, 7) is 7.71. The molecular formula is C25H26Cl3N5O4S. The van der Waals surface area contributed by atoms with Gasteiger partial charge in [0.1, 0.15) is 0 Å². The highest BCUT2D eigenvalue weighted by atomic mass is 35.5. The number of ether oxygens (including phenoxy) is 1. The maximum Gasteiger partial charge on any atom is 0.338 e. The first kappa shape index (κ1) is 29.8. The number of anilines is 1. The van der Waals surface area contributed by atoms with E-state index < -0.39 is 12.0 Å². The van der Waals surface area contributed by atoms with Crippen molar-refractivity contribution in [2.75, 3.05) is 11.1 Å². The van der Waals surface area contributed by atoms with Gasteiger partial charge in [-0.05, 0) is 64.1 Å². The molecule has 2 aromatic carbocycles. The fourth-order valence-electron chi connectivity index (χ4n) is 3.35. The van der Waals surface area contributed by atoms with Crippen LogP contribution < -0.4 is 10.6 Å². The Hall–Kier alpha value is -2.79. The molecule has 9 nitrogen and oxygen atoms in total. The van der Waals surface area contributed by atoms with Crippen molar-refractivity contribution < 1.29 is 19.1 Å². The molecule has 38 heavy (non-hydrogen) atoms. The van der Waals surface area contributed by atoms with E-state index in [0.29, 0.717) is 33.8 Å². The van der Waals surface area contributed by atoms with Gasteiger partial charge in [-0.3, -0.25) is 9.59 Å². The topological polar surface area (TPSA) is 115 Å². The summed E-state index contributed by atoms with van der Waals surface area (Å²) < 4.78 is 7.01. The zero-order chi connectivity index (χ0) is 28.0. The van der Waals surface area contributed by atoms with Gasteiger partial charge < -0.3 is 19.9 Å². The third kappa shape index (κ3) is 7.63. The number of nitrogens with zero attached hydrogens (tertiary/aromatic N) is 3. The maximum absolute atomic E-state index is 12.7. The van der Waals surface area contributed by atoms with E-state index in [1.165, 1.54) is 36.0 Å². The molecule has 0 bridgehead atoms. The largest absolute Gasteiger partial charge is 0.459 e. The average Bonchev–Trinajstić information content (AvgIpc) is 3.28. The van der Waals surface area contributed by atoms with Crippen LogP contribution in [-0.4, -0.2) is 44.4 Å². The van der Waals surface area contributed by atoms with Gasteiger partial charge in [0.2, 0.25) is 5.91 Å². The fraction of sp³-hybridized carbons (Fsp3) is 0.320. The summed E-state index contributed by atoms with van der Waals surface area (Å²) in [6, 6.07) is 8.68. The summed E-state index contributed by atoms with van der Waals surface area (Å²) in [5.41, 5.74) is 0.936. The van der Waals surface area contributed by atoms with Crippen molar-refractivity contribution in [1.29, 1.82) is 0 Å². The number of amides is 2. The molecule has 0 aliphatic carbocycles. The van der Waals surface area contributed by atoms with Crippen LogP contribution in [0.25, 0.3) is 0 Å². The smallest absolute Gasteiger partial charge is 0.338 e. The van der Waals surface area contributed by atoms with Crippen LogP contribution in [-0.2, 0) is 16.1 Å². The first-order valence-electron chi connectivity index (χ1n) is 11.6. The van der Waals surface area contributed by atoms with E-state index in [1.807, 2.05) is 11.5 Å². The predicted octanol–water partition coefficient (Wildman–Crippen LogP) is 6.05. The van der Waals surface area contributed by atoms with Crippen molar-refractivity contribution in [3.8, 4) is 0 Å². The minimum Gasteiger partial charge on any atom is -0.459 e. The van der Waals surface area contributed by atoms with Crippen LogP contribution in [0.15, 0.2) is 41.6 Å². The number of thioether (sulfide) groups is 1. The molecule has 1 heterocycles. The summed E-state index contributed by atoms with van der Waals surface area (Å²) >= 11 is 19.3. The Kier molecular flexibility index (Phi) is 10.4. The number of esters is 1. The molecule has 0 aliphatic heterocycles. The molecule has 3 aromatic rings. The second-order valence-electron chi connectivity index (χ2n) is 8.39. The van der Waals surface area contributed by atoms with Gasteiger partial charge in [0, 0.05) is 12.1 Å². The molecule has 0 aliphatic rings. The number of carbonyl (C=O) groups is 3. The highest BCUT2D eigenvalue weighted by Crippen LogP contribution is 2.26. The van der Waals surface area contributed by atoms with Crippen molar-refractivity contribution in [3.63, 3.8) is 0 Å². The zero-order valence-corrected chi connectivity index (χ0v) is 24.1. The summed E-state index contributed by atoms with van der Waals surface area (Å²) in [5, 5.41) is 15.4. The highest BCUT2D eigenvalue weighted by molar-refractivity contribution is 7.99. The van der Waals surface area contributed by atoms with Gasteiger partial charge in [-0.15, -0.1) is 10.2 Å². The van der Waals surface area contributed by atoms with E-state index in [0.717, 1.165) is 0 Å². The Morgan fingerprint density at radius 3 is 2.32 bits per heavy atom. The van der Waals surface area contributed by atoms with Crippen LogP contribution in [0.1, 0.15) is 60.3 Å². The Morgan fingerprint density at radius 2 is 1.66 bits per heavy atom. The van der Waals surface area contributed by atoms with E-state index in [4.69, 9.17) is 39.5 Å². The van der Waals surface area contributed by atoms with Crippen LogP contribution in [0.3, 0.4) is 0 Å². The van der Waals surface area contributed by atoms with Crippen LogP contribution >= 0.6 is 46.6 Å². The first-order valence-corrected chi connectivity index (χ1v) is 13.7. The van der Waals surface area contributed by atoms with Crippen LogP contribution in [0.4, 0.5) is 5.69 Å². The lowest BCUT2D eigenvalue weighted by Gasteiger charge is -2.15. The summed E-state index contributed by atoms with van der Waals surface area (Å²) in [4.78, 5) is 37.5. The van der Waals surface area contributed by atoms with Crippen LogP contribution in [0.2, 0.25) is 15.1 Å². The van der Waals surface area contributed by atoms with Crippen molar-refractivity contribution in [2.24, 2.45) is 0 Å². The second kappa shape index (κ2) is 13.3. The van der Waals surface area contributed by atoms with E-state index in [1.54, 1.807) is 32.9 Å². The molecule has 1 atom stereocenters. The number of hydrogen-bond donors (Lipinski definition) is 2. The molecule has 202 valence electrons. The standard InChI is InChI=1S/C25H26Cl3N5O4S/c1-5-33-22(14(4)29-23(35)15-6-8-17(26)19(28)10-15)31-32-25(33)38-12-21(34)30-20-11-16(7-9-18(20)27)24(36)37-13(2)3/h6-11,13-14H,5,12H2,1-4H3,(H,29,35)(H,30,34). The Labute approximate surface area is 239 Å². The summed E-state index contributed by atoms with van der Waals surface area (Å²) in [7, 11) is 0. The van der Waals surface area contributed by atoms with E-state index in [9.17, 15) is 14.4 Å². The number of rotatable bonds is 10. The highest BCUT2D eigenvalue weighted by Gasteiger charge is 2.21. The van der Waals surface area contributed by atoms with Crippen molar-refractivity contribution in [3.05, 3.63) is 68.4 Å². The normalized spacial score (nSPS) is 11.8. The van der Waals surface area contributed by atoms with Gasteiger partial charge in [0.15, 0.2) is 11.0 Å². The van der Waals surface area contributed by atoms with Gasteiger partial charge in [0.05, 0.1) is 44.2 Å². The average molecular weight is 599 g/mol. The number of carbonyl (C=O) groups excluding carboxylic acids is 3. The van der Waals surface area contributed by atoms with Crippen molar-refractivity contribution >= 4 is 70.0 Å². The van der Waals surface area contributed by atoms with Crippen molar-refractivity contribution in [2.45, 2.75) is 51.5 Å². The molecule has 0 radical (unpaired) electrons. The molecule has 0 spiro atoms. The molecule has 2 amide bonds.